The van der Waals surface area contributed by atoms with Gasteiger partial charge in [0.05, 0.1) is 24.5 Å². The number of benzene rings is 2. The number of nitrogens with zero attached hydrogens (tertiary/aromatic N) is 9. The van der Waals surface area contributed by atoms with Crippen LogP contribution in [0, 0.1) is 0 Å². The van der Waals surface area contributed by atoms with Gasteiger partial charge in [0, 0.05) is 45.0 Å². The average molecular weight is 525 g/mol. The van der Waals surface area contributed by atoms with Crippen LogP contribution < -0.4 is 5.32 Å². The summed E-state index contributed by atoms with van der Waals surface area (Å²) in [7, 11) is 1.75. The van der Waals surface area contributed by atoms with Crippen LogP contribution in [0.25, 0.3) is 0 Å². The van der Waals surface area contributed by atoms with Crippen LogP contribution in [-0.2, 0) is 11.8 Å². The standard InChI is InChI=1S/C27H28N10O2/c1-19(38)29-21-9-6-10-22(17-21)30-31-23-11-12-28-24(18-23)27(39)37-15-13-36(14-16-37)25(20-7-4-3-5-8-20)26-32-34-35(2)33-26/h3-12,17-18,25H,13-16H2,1-2H3,(H,29,38). The molecule has 0 bridgehead atoms. The first kappa shape index (κ1) is 25.8. The quantitative estimate of drug-likeness (QED) is 0.366. The monoisotopic (exact) mass is 524 g/mol. The molecule has 0 saturated carbocycles. The van der Waals surface area contributed by atoms with Crippen LogP contribution in [-0.4, -0.2) is 73.0 Å². The Kier molecular flexibility index (Phi) is 7.73. The summed E-state index contributed by atoms with van der Waals surface area (Å²) in [6.45, 7) is 3.80. The predicted molar refractivity (Wildman–Crippen MR) is 144 cm³/mol. The van der Waals surface area contributed by atoms with Crippen LogP contribution in [0.3, 0.4) is 0 Å². The molecule has 0 spiro atoms. The Hall–Kier alpha value is -4.84. The number of aromatic nitrogens is 5. The van der Waals surface area contributed by atoms with E-state index in [1.54, 1.807) is 54.5 Å². The van der Waals surface area contributed by atoms with Crippen LogP contribution in [0.2, 0.25) is 0 Å². The van der Waals surface area contributed by atoms with Crippen molar-refractivity contribution >= 4 is 28.9 Å². The minimum Gasteiger partial charge on any atom is -0.335 e. The van der Waals surface area contributed by atoms with Crippen molar-refractivity contribution < 1.29 is 9.59 Å². The van der Waals surface area contributed by atoms with Gasteiger partial charge in [-0.1, -0.05) is 36.4 Å². The number of tetrazole rings is 1. The lowest BCUT2D eigenvalue weighted by Gasteiger charge is -2.38. The summed E-state index contributed by atoms with van der Waals surface area (Å²) in [5.74, 6) is 0.308. The molecule has 1 unspecified atom stereocenters. The highest BCUT2D eigenvalue weighted by Crippen LogP contribution is 2.27. The van der Waals surface area contributed by atoms with Crippen LogP contribution in [0.5, 0.6) is 0 Å². The van der Waals surface area contributed by atoms with Gasteiger partial charge in [0.2, 0.25) is 5.91 Å². The molecule has 4 aromatic rings. The molecule has 2 amide bonds. The number of azo groups is 1. The fourth-order valence-corrected chi connectivity index (χ4v) is 4.48. The van der Waals surface area contributed by atoms with Gasteiger partial charge in [0.15, 0.2) is 5.82 Å². The first-order valence-corrected chi connectivity index (χ1v) is 12.5. The molecule has 0 radical (unpaired) electrons. The van der Waals surface area contributed by atoms with Crippen LogP contribution in [0.15, 0.2) is 83.2 Å². The molecule has 1 aliphatic heterocycles. The molecule has 2 aromatic heterocycles. The Morgan fingerprint density at radius 3 is 2.36 bits per heavy atom. The van der Waals surface area contributed by atoms with Gasteiger partial charge < -0.3 is 10.2 Å². The number of aryl methyl sites for hydroxylation is 1. The molecular formula is C27H28N10O2. The normalized spacial score (nSPS) is 14.9. The highest BCUT2D eigenvalue weighted by molar-refractivity contribution is 5.93. The number of piperazine rings is 1. The van der Waals surface area contributed by atoms with Crippen molar-refractivity contribution in [2.75, 3.05) is 31.5 Å². The first-order valence-electron chi connectivity index (χ1n) is 12.5. The number of rotatable bonds is 7. The molecule has 5 rings (SSSR count). The van der Waals surface area contributed by atoms with Gasteiger partial charge in [-0.05, 0) is 41.1 Å². The Labute approximate surface area is 225 Å². The number of hydrogen-bond acceptors (Lipinski definition) is 9. The zero-order valence-corrected chi connectivity index (χ0v) is 21.7. The Morgan fingerprint density at radius 2 is 1.67 bits per heavy atom. The number of pyridine rings is 1. The second-order valence-corrected chi connectivity index (χ2v) is 9.11. The third-order valence-electron chi connectivity index (χ3n) is 6.26. The van der Waals surface area contributed by atoms with Crippen molar-refractivity contribution in [1.82, 2.24) is 35.0 Å². The summed E-state index contributed by atoms with van der Waals surface area (Å²) in [6, 6.07) is 20.3. The van der Waals surface area contributed by atoms with E-state index in [0.29, 0.717) is 54.8 Å². The molecule has 1 atom stereocenters. The van der Waals surface area contributed by atoms with Crippen molar-refractivity contribution in [3.05, 3.63) is 90.0 Å². The molecule has 39 heavy (non-hydrogen) atoms. The summed E-state index contributed by atoms with van der Waals surface area (Å²) < 4.78 is 0. The molecule has 3 heterocycles. The lowest BCUT2D eigenvalue weighted by molar-refractivity contribution is -0.114. The average Bonchev–Trinajstić information content (AvgIpc) is 3.38. The van der Waals surface area contributed by atoms with E-state index in [-0.39, 0.29) is 17.9 Å². The molecule has 198 valence electrons. The summed E-state index contributed by atoms with van der Waals surface area (Å²) in [4.78, 5) is 34.4. The van der Waals surface area contributed by atoms with Crippen molar-refractivity contribution in [2.24, 2.45) is 17.3 Å². The summed E-state index contributed by atoms with van der Waals surface area (Å²) in [5.41, 5.74) is 3.10. The molecule has 1 fully saturated rings. The molecule has 12 heteroatoms. The largest absolute Gasteiger partial charge is 0.335 e. The Balaban J connectivity index is 1.25. The van der Waals surface area contributed by atoms with Crippen LogP contribution >= 0.6 is 0 Å². The minimum absolute atomic E-state index is 0.150. The van der Waals surface area contributed by atoms with E-state index in [2.05, 4.69) is 53.0 Å². The Bertz CT molecular complexity index is 1480. The molecule has 2 aromatic carbocycles. The van der Waals surface area contributed by atoms with Gasteiger partial charge in [0.1, 0.15) is 5.69 Å². The third kappa shape index (κ3) is 6.36. The molecule has 1 aliphatic rings. The SMILES string of the molecule is CC(=O)Nc1cccc(N=Nc2ccnc(C(=O)N3CCN(C(c4ccccc4)c4nnn(C)n4)CC3)c2)c1. The maximum atomic E-state index is 13.3. The van der Waals surface area contributed by atoms with E-state index in [0.717, 1.165) is 5.56 Å². The number of carbonyl (C=O) groups is 2. The van der Waals surface area contributed by atoms with Gasteiger partial charge in [-0.15, -0.1) is 10.2 Å². The highest BCUT2D eigenvalue weighted by Gasteiger charge is 2.31. The van der Waals surface area contributed by atoms with Crippen molar-refractivity contribution in [2.45, 2.75) is 13.0 Å². The van der Waals surface area contributed by atoms with E-state index in [1.165, 1.54) is 11.7 Å². The molecule has 1 N–H and O–H groups in total. The van der Waals surface area contributed by atoms with E-state index < -0.39 is 0 Å². The van der Waals surface area contributed by atoms with Crippen molar-refractivity contribution in [1.29, 1.82) is 0 Å². The van der Waals surface area contributed by atoms with Crippen LogP contribution in [0.1, 0.15) is 34.8 Å². The summed E-state index contributed by atoms with van der Waals surface area (Å²) in [5, 5.41) is 24.0. The van der Waals surface area contributed by atoms with Crippen LogP contribution in [0.4, 0.5) is 17.1 Å². The smallest absolute Gasteiger partial charge is 0.272 e. The Morgan fingerprint density at radius 1 is 0.923 bits per heavy atom. The zero-order valence-electron chi connectivity index (χ0n) is 21.7. The van der Waals surface area contributed by atoms with Gasteiger partial charge >= 0.3 is 0 Å². The topological polar surface area (TPSA) is 134 Å². The van der Waals surface area contributed by atoms with E-state index in [4.69, 9.17) is 0 Å². The van der Waals surface area contributed by atoms with Gasteiger partial charge in [-0.3, -0.25) is 19.5 Å². The minimum atomic E-state index is -0.164. The third-order valence-corrected chi connectivity index (χ3v) is 6.26. The lowest BCUT2D eigenvalue weighted by Crippen LogP contribution is -2.50. The number of hydrogen-bond donors (Lipinski definition) is 1. The number of anilines is 1. The maximum Gasteiger partial charge on any atom is 0.272 e. The van der Waals surface area contributed by atoms with Crippen molar-refractivity contribution in [3.63, 3.8) is 0 Å². The number of carbonyl (C=O) groups excluding carboxylic acids is 2. The van der Waals surface area contributed by atoms with E-state index in [1.807, 2.05) is 18.2 Å². The fraction of sp³-hybridized carbons (Fsp3) is 0.259. The maximum absolute atomic E-state index is 13.3. The lowest BCUT2D eigenvalue weighted by atomic mass is 10.0. The summed E-state index contributed by atoms with van der Waals surface area (Å²) >= 11 is 0. The van der Waals surface area contributed by atoms with E-state index in [9.17, 15) is 9.59 Å². The van der Waals surface area contributed by atoms with E-state index >= 15 is 0 Å². The second kappa shape index (κ2) is 11.7. The fourth-order valence-electron chi connectivity index (χ4n) is 4.48. The van der Waals surface area contributed by atoms with Gasteiger partial charge in [-0.25, -0.2) is 0 Å². The van der Waals surface area contributed by atoms with Crippen molar-refractivity contribution in [3.8, 4) is 0 Å². The zero-order chi connectivity index (χ0) is 27.2. The molecule has 12 nitrogen and oxygen atoms in total. The summed E-state index contributed by atoms with van der Waals surface area (Å²) in [6.07, 6.45) is 1.55. The number of nitrogens with one attached hydrogen (secondary N) is 1. The van der Waals surface area contributed by atoms with Gasteiger partial charge in [-0.2, -0.15) is 15.0 Å². The van der Waals surface area contributed by atoms with Gasteiger partial charge in [0.25, 0.3) is 5.91 Å². The molecule has 0 aliphatic carbocycles. The first-order chi connectivity index (χ1) is 19.0. The highest BCUT2D eigenvalue weighted by atomic mass is 16.2. The number of amides is 2. The molecular weight excluding hydrogens is 496 g/mol. The predicted octanol–water partition coefficient (Wildman–Crippen LogP) is 3.53. The molecule has 1 saturated heterocycles. The second-order valence-electron chi connectivity index (χ2n) is 9.11.